The van der Waals surface area contributed by atoms with Gasteiger partial charge in [0, 0.05) is 16.3 Å². The second kappa shape index (κ2) is 4.44. The summed E-state index contributed by atoms with van der Waals surface area (Å²) in [6.07, 6.45) is 0. The van der Waals surface area contributed by atoms with Crippen LogP contribution in [0.25, 0.3) is 22.6 Å². The molecule has 3 aromatic rings. The number of hydrogen-bond acceptors (Lipinski definition) is 3. The maximum Gasteiger partial charge on any atom is 0.227 e. The Hall–Kier alpha value is -1.71. The third kappa shape index (κ3) is 2.15. The van der Waals surface area contributed by atoms with Crippen molar-refractivity contribution in [3.8, 4) is 11.5 Å². The molecule has 3 nitrogen and oxygen atoms in total. The van der Waals surface area contributed by atoms with Crippen LogP contribution in [0, 0.1) is 6.92 Å². The van der Waals surface area contributed by atoms with E-state index in [2.05, 4.69) is 4.98 Å². The van der Waals surface area contributed by atoms with Crippen molar-refractivity contribution in [1.29, 1.82) is 0 Å². The quantitative estimate of drug-likeness (QED) is 0.662. The lowest BCUT2D eigenvalue weighted by atomic mass is 10.1. The van der Waals surface area contributed by atoms with Crippen molar-refractivity contribution in [2.45, 2.75) is 6.92 Å². The Morgan fingerprint density at radius 2 is 1.95 bits per heavy atom. The third-order valence-electron chi connectivity index (χ3n) is 2.93. The van der Waals surface area contributed by atoms with Gasteiger partial charge in [-0.15, -0.1) is 0 Å². The molecular weight excluding hydrogens is 283 g/mol. The van der Waals surface area contributed by atoms with E-state index in [1.807, 2.05) is 25.1 Å². The number of nitrogens with two attached hydrogens (primary N) is 1. The normalized spacial score (nSPS) is 11.1. The van der Waals surface area contributed by atoms with E-state index in [9.17, 15) is 0 Å². The van der Waals surface area contributed by atoms with Crippen molar-refractivity contribution in [2.75, 3.05) is 5.73 Å². The number of aromatic nitrogens is 1. The molecule has 0 unspecified atom stereocenters. The molecule has 0 saturated carbocycles. The molecular formula is C14H10Cl2N2O. The molecule has 0 bridgehead atoms. The van der Waals surface area contributed by atoms with Crippen molar-refractivity contribution in [3.05, 3.63) is 45.9 Å². The number of aryl methyl sites for hydroxylation is 1. The van der Waals surface area contributed by atoms with Crippen LogP contribution >= 0.6 is 23.2 Å². The molecule has 0 fully saturated rings. The lowest BCUT2D eigenvalue weighted by Crippen LogP contribution is -1.89. The summed E-state index contributed by atoms with van der Waals surface area (Å²) in [5.41, 5.74) is 9.54. The average Bonchev–Trinajstić information content (AvgIpc) is 2.76. The molecule has 3 rings (SSSR count). The summed E-state index contributed by atoms with van der Waals surface area (Å²) in [6, 6.07) is 8.97. The number of hydrogen-bond donors (Lipinski definition) is 1. The van der Waals surface area contributed by atoms with Gasteiger partial charge in [0.1, 0.15) is 5.52 Å². The van der Waals surface area contributed by atoms with E-state index < -0.39 is 0 Å². The third-order valence-corrected chi connectivity index (χ3v) is 3.43. The molecule has 96 valence electrons. The van der Waals surface area contributed by atoms with Crippen molar-refractivity contribution in [2.24, 2.45) is 0 Å². The predicted octanol–water partition coefficient (Wildman–Crippen LogP) is 4.69. The number of nitrogen functional groups attached to an aromatic ring is 1. The highest BCUT2D eigenvalue weighted by Gasteiger charge is 2.12. The Labute approximate surface area is 119 Å². The van der Waals surface area contributed by atoms with Gasteiger partial charge >= 0.3 is 0 Å². The Balaban J connectivity index is 2.20. The fourth-order valence-electron chi connectivity index (χ4n) is 1.89. The highest BCUT2D eigenvalue weighted by Crippen LogP contribution is 2.32. The van der Waals surface area contributed by atoms with Crippen molar-refractivity contribution in [3.63, 3.8) is 0 Å². The molecule has 1 heterocycles. The SMILES string of the molecule is Cc1cc(-c2nc3cc(Cl)cc(Cl)c3o2)ccc1N. The van der Waals surface area contributed by atoms with Crippen molar-refractivity contribution < 1.29 is 4.42 Å². The van der Waals surface area contributed by atoms with Crippen LogP contribution < -0.4 is 5.73 Å². The highest BCUT2D eigenvalue weighted by atomic mass is 35.5. The smallest absolute Gasteiger partial charge is 0.227 e. The molecule has 0 atom stereocenters. The molecule has 2 aromatic carbocycles. The minimum Gasteiger partial charge on any atom is -0.435 e. The number of benzene rings is 2. The lowest BCUT2D eigenvalue weighted by molar-refractivity contribution is 0.620. The zero-order valence-corrected chi connectivity index (χ0v) is 11.6. The molecule has 2 N–H and O–H groups in total. The molecule has 0 radical (unpaired) electrons. The van der Waals surface area contributed by atoms with E-state index in [-0.39, 0.29) is 0 Å². The van der Waals surface area contributed by atoms with Crippen LogP contribution in [0.1, 0.15) is 5.56 Å². The first-order valence-corrected chi connectivity index (χ1v) is 6.42. The van der Waals surface area contributed by atoms with Gasteiger partial charge in [0.2, 0.25) is 5.89 Å². The topological polar surface area (TPSA) is 52.0 Å². The van der Waals surface area contributed by atoms with Gasteiger partial charge in [-0.05, 0) is 42.8 Å². The van der Waals surface area contributed by atoms with Crippen LogP contribution in [0.3, 0.4) is 0 Å². The van der Waals surface area contributed by atoms with Gasteiger partial charge in [0.25, 0.3) is 0 Å². The number of oxazole rings is 1. The van der Waals surface area contributed by atoms with Gasteiger partial charge in [-0.3, -0.25) is 0 Å². The molecule has 0 aliphatic heterocycles. The second-order valence-electron chi connectivity index (χ2n) is 4.33. The zero-order chi connectivity index (χ0) is 13.6. The van der Waals surface area contributed by atoms with Crippen LogP contribution in [0.5, 0.6) is 0 Å². The summed E-state index contributed by atoms with van der Waals surface area (Å²) in [7, 11) is 0. The summed E-state index contributed by atoms with van der Waals surface area (Å²) in [4.78, 5) is 4.40. The molecule has 0 saturated heterocycles. The van der Waals surface area contributed by atoms with Crippen LogP contribution in [-0.2, 0) is 0 Å². The van der Waals surface area contributed by atoms with Crippen molar-refractivity contribution in [1.82, 2.24) is 4.98 Å². The predicted molar refractivity (Wildman–Crippen MR) is 78.6 cm³/mol. The van der Waals surface area contributed by atoms with Gasteiger partial charge in [-0.25, -0.2) is 4.98 Å². The summed E-state index contributed by atoms with van der Waals surface area (Å²) in [5.74, 6) is 0.502. The first-order valence-electron chi connectivity index (χ1n) is 5.66. The monoisotopic (exact) mass is 292 g/mol. The summed E-state index contributed by atoms with van der Waals surface area (Å²) >= 11 is 12.0. The van der Waals surface area contributed by atoms with Gasteiger partial charge in [0.05, 0.1) is 5.02 Å². The first-order chi connectivity index (χ1) is 9.04. The van der Waals surface area contributed by atoms with E-state index >= 15 is 0 Å². The van der Waals surface area contributed by atoms with Crippen LogP contribution in [0.4, 0.5) is 5.69 Å². The van der Waals surface area contributed by atoms with Crippen molar-refractivity contribution >= 4 is 40.0 Å². The van der Waals surface area contributed by atoms with Crippen LogP contribution in [0.15, 0.2) is 34.7 Å². The lowest BCUT2D eigenvalue weighted by Gasteiger charge is -2.01. The molecule has 1 aromatic heterocycles. The zero-order valence-electron chi connectivity index (χ0n) is 10.1. The van der Waals surface area contributed by atoms with E-state index in [4.69, 9.17) is 33.4 Å². The average molecular weight is 293 g/mol. The molecule has 0 amide bonds. The Morgan fingerprint density at radius 3 is 2.68 bits per heavy atom. The van der Waals surface area contributed by atoms with E-state index in [0.717, 1.165) is 16.8 Å². The minimum absolute atomic E-state index is 0.452. The van der Waals surface area contributed by atoms with Crippen LogP contribution in [-0.4, -0.2) is 4.98 Å². The molecule has 0 aliphatic carbocycles. The van der Waals surface area contributed by atoms with E-state index in [1.54, 1.807) is 12.1 Å². The molecule has 19 heavy (non-hydrogen) atoms. The number of anilines is 1. The Morgan fingerprint density at radius 1 is 1.16 bits per heavy atom. The summed E-state index contributed by atoms with van der Waals surface area (Å²) in [5, 5.41) is 0.985. The highest BCUT2D eigenvalue weighted by molar-refractivity contribution is 6.38. The number of rotatable bonds is 1. The van der Waals surface area contributed by atoms with Gasteiger partial charge < -0.3 is 10.2 Å². The molecule has 0 aliphatic rings. The maximum atomic E-state index is 6.08. The fraction of sp³-hybridized carbons (Fsp3) is 0.0714. The van der Waals surface area contributed by atoms with Gasteiger partial charge in [-0.2, -0.15) is 0 Å². The van der Waals surface area contributed by atoms with Gasteiger partial charge in [0.15, 0.2) is 5.58 Å². The number of halogens is 2. The molecule has 0 spiro atoms. The van der Waals surface area contributed by atoms with E-state index in [0.29, 0.717) is 27.0 Å². The minimum atomic E-state index is 0.452. The summed E-state index contributed by atoms with van der Waals surface area (Å²) in [6.45, 7) is 1.94. The largest absolute Gasteiger partial charge is 0.435 e. The number of nitrogens with zero attached hydrogens (tertiary/aromatic N) is 1. The molecule has 5 heteroatoms. The standard InChI is InChI=1S/C14H10Cl2N2O/c1-7-4-8(2-3-11(7)17)14-18-12-6-9(15)5-10(16)13(12)19-14/h2-6H,17H2,1H3. The summed E-state index contributed by atoms with van der Waals surface area (Å²) < 4.78 is 5.69. The maximum absolute atomic E-state index is 6.08. The van der Waals surface area contributed by atoms with Crippen LogP contribution in [0.2, 0.25) is 10.0 Å². The number of fused-ring (bicyclic) bond motifs is 1. The van der Waals surface area contributed by atoms with Gasteiger partial charge in [-0.1, -0.05) is 23.2 Å². The fourth-order valence-corrected chi connectivity index (χ4v) is 2.41. The Kier molecular flexibility index (Phi) is 2.88. The second-order valence-corrected chi connectivity index (χ2v) is 5.17. The van der Waals surface area contributed by atoms with E-state index in [1.165, 1.54) is 0 Å². The Bertz CT molecular complexity index is 780. The first kappa shape index (κ1) is 12.3.